The van der Waals surface area contributed by atoms with E-state index in [4.69, 9.17) is 5.73 Å². The van der Waals surface area contributed by atoms with Crippen LogP contribution < -0.4 is 5.73 Å². The van der Waals surface area contributed by atoms with Crippen molar-refractivity contribution in [2.24, 2.45) is 10.7 Å². The highest BCUT2D eigenvalue weighted by Crippen LogP contribution is 2.13. The largest absolute Gasteiger partial charge is 0.357 e. The van der Waals surface area contributed by atoms with Gasteiger partial charge in [0.1, 0.15) is 0 Å². The summed E-state index contributed by atoms with van der Waals surface area (Å²) in [5.41, 5.74) is 5.65. The smallest absolute Gasteiger partial charge is 0.0993 e. The summed E-state index contributed by atoms with van der Waals surface area (Å²) in [6, 6.07) is 0. The van der Waals surface area contributed by atoms with Crippen molar-refractivity contribution in [1.29, 1.82) is 0 Å². The molecule has 0 unspecified atom stereocenters. The minimum atomic E-state index is 0.730. The molecule has 0 aromatic rings. The van der Waals surface area contributed by atoms with Crippen molar-refractivity contribution in [3.8, 4) is 0 Å². The van der Waals surface area contributed by atoms with Crippen molar-refractivity contribution in [2.45, 2.75) is 103 Å². The van der Waals surface area contributed by atoms with Crippen molar-refractivity contribution < 1.29 is 0 Å². The van der Waals surface area contributed by atoms with Crippen LogP contribution in [0.4, 0.5) is 0 Å². The molecular weight excluding hydrogens is 318 g/mol. The number of rotatable bonds is 18. The lowest BCUT2D eigenvalue weighted by Crippen LogP contribution is -2.32. The maximum atomic E-state index is 5.65. The van der Waals surface area contributed by atoms with Gasteiger partial charge in [0.05, 0.1) is 12.4 Å². The fourth-order valence-electron chi connectivity index (χ4n) is 3.71. The maximum Gasteiger partial charge on any atom is 0.0993 e. The number of nitrogens with zero attached hydrogens (tertiary/aromatic N) is 2. The van der Waals surface area contributed by atoms with Crippen LogP contribution in [0.15, 0.2) is 17.1 Å². The molecule has 3 nitrogen and oxygen atoms in total. The van der Waals surface area contributed by atoms with Gasteiger partial charge >= 0.3 is 0 Å². The van der Waals surface area contributed by atoms with E-state index in [-0.39, 0.29) is 0 Å². The van der Waals surface area contributed by atoms with E-state index in [1.54, 1.807) is 0 Å². The summed E-state index contributed by atoms with van der Waals surface area (Å²) in [5.74, 6) is 1.27. The van der Waals surface area contributed by atoms with E-state index in [9.17, 15) is 0 Å². The number of hydrogen-bond donors (Lipinski definition) is 1. The SMILES string of the molecule is CCCCCCCCCCCCCC/C=C/CCC1=NCCN1CCN. The lowest BCUT2D eigenvalue weighted by Gasteiger charge is -2.18. The van der Waals surface area contributed by atoms with Gasteiger partial charge in [0.15, 0.2) is 0 Å². The van der Waals surface area contributed by atoms with E-state index >= 15 is 0 Å². The zero-order valence-corrected chi connectivity index (χ0v) is 17.6. The average molecular weight is 364 g/mol. The molecule has 1 aliphatic rings. The molecule has 0 atom stereocenters. The molecule has 1 heterocycles. The van der Waals surface area contributed by atoms with E-state index in [0.29, 0.717) is 0 Å². The Bertz CT molecular complexity index is 362. The fourth-order valence-corrected chi connectivity index (χ4v) is 3.71. The van der Waals surface area contributed by atoms with Crippen LogP contribution in [0.2, 0.25) is 0 Å². The van der Waals surface area contributed by atoms with Gasteiger partial charge < -0.3 is 10.6 Å². The summed E-state index contributed by atoms with van der Waals surface area (Å²) >= 11 is 0. The van der Waals surface area contributed by atoms with E-state index in [1.807, 2.05) is 0 Å². The first-order chi connectivity index (χ1) is 12.9. The molecular formula is C23H45N3. The van der Waals surface area contributed by atoms with Crippen LogP contribution >= 0.6 is 0 Å². The minimum Gasteiger partial charge on any atom is -0.357 e. The van der Waals surface area contributed by atoms with Gasteiger partial charge in [0, 0.05) is 26.1 Å². The van der Waals surface area contributed by atoms with Crippen molar-refractivity contribution in [1.82, 2.24) is 4.90 Å². The Morgan fingerprint density at radius 1 is 0.846 bits per heavy atom. The Hall–Kier alpha value is -0.830. The Morgan fingerprint density at radius 2 is 1.42 bits per heavy atom. The number of allylic oxidation sites excluding steroid dienone is 2. The summed E-state index contributed by atoms with van der Waals surface area (Å²) in [6.07, 6.45) is 25.3. The van der Waals surface area contributed by atoms with Gasteiger partial charge in [-0.15, -0.1) is 0 Å². The first-order valence-electron chi connectivity index (χ1n) is 11.5. The normalized spacial score (nSPS) is 14.5. The maximum absolute atomic E-state index is 5.65. The summed E-state index contributed by atoms with van der Waals surface area (Å²) < 4.78 is 0. The number of amidine groups is 1. The van der Waals surface area contributed by atoms with E-state index in [1.165, 1.54) is 89.3 Å². The zero-order valence-electron chi connectivity index (χ0n) is 17.6. The number of hydrogen-bond acceptors (Lipinski definition) is 3. The van der Waals surface area contributed by atoms with Crippen molar-refractivity contribution in [3.63, 3.8) is 0 Å². The molecule has 152 valence electrons. The highest BCUT2D eigenvalue weighted by atomic mass is 15.2. The fraction of sp³-hybridized carbons (Fsp3) is 0.870. The number of aliphatic imine (C=N–C) groups is 1. The minimum absolute atomic E-state index is 0.730. The van der Waals surface area contributed by atoms with Gasteiger partial charge in [-0.05, 0) is 19.3 Å². The van der Waals surface area contributed by atoms with Gasteiger partial charge in [0.2, 0.25) is 0 Å². The molecule has 0 bridgehead atoms. The average Bonchev–Trinajstić information content (AvgIpc) is 3.09. The molecule has 0 aromatic carbocycles. The van der Waals surface area contributed by atoms with Crippen molar-refractivity contribution >= 4 is 5.84 Å². The molecule has 2 N–H and O–H groups in total. The third-order valence-electron chi connectivity index (χ3n) is 5.35. The quantitative estimate of drug-likeness (QED) is 0.236. The molecule has 0 saturated carbocycles. The van der Waals surface area contributed by atoms with Gasteiger partial charge in [-0.1, -0.05) is 89.7 Å². The topological polar surface area (TPSA) is 41.6 Å². The van der Waals surface area contributed by atoms with E-state index in [2.05, 4.69) is 29.0 Å². The molecule has 3 heteroatoms. The summed E-state index contributed by atoms with van der Waals surface area (Å²) in [4.78, 5) is 6.94. The van der Waals surface area contributed by atoms with Crippen LogP contribution in [0.25, 0.3) is 0 Å². The highest BCUT2D eigenvalue weighted by molar-refractivity contribution is 5.83. The van der Waals surface area contributed by atoms with Gasteiger partial charge in [0.25, 0.3) is 0 Å². The second-order valence-corrected chi connectivity index (χ2v) is 7.76. The third-order valence-corrected chi connectivity index (χ3v) is 5.35. The predicted molar refractivity (Wildman–Crippen MR) is 117 cm³/mol. The van der Waals surface area contributed by atoms with E-state index < -0.39 is 0 Å². The number of nitrogens with two attached hydrogens (primary N) is 1. The third kappa shape index (κ3) is 12.5. The Morgan fingerprint density at radius 3 is 2.04 bits per heavy atom. The molecule has 1 rings (SSSR count). The van der Waals surface area contributed by atoms with Crippen LogP contribution in [0.3, 0.4) is 0 Å². The molecule has 1 aliphatic heterocycles. The van der Waals surface area contributed by atoms with Crippen molar-refractivity contribution in [2.75, 3.05) is 26.2 Å². The first-order valence-corrected chi connectivity index (χ1v) is 11.5. The lowest BCUT2D eigenvalue weighted by molar-refractivity contribution is 0.459. The Labute approximate surface area is 163 Å². The molecule has 0 aliphatic carbocycles. The molecule has 26 heavy (non-hydrogen) atoms. The van der Waals surface area contributed by atoms with E-state index in [0.717, 1.165) is 39.0 Å². The highest BCUT2D eigenvalue weighted by Gasteiger charge is 2.14. The summed E-state index contributed by atoms with van der Waals surface area (Å²) in [5, 5.41) is 0. The molecule has 0 amide bonds. The van der Waals surface area contributed by atoms with Gasteiger partial charge in [-0.25, -0.2) is 0 Å². The standard InChI is InChI=1S/C23H45N3/c1-2-3-4-5-6-7-8-9-10-11-12-13-14-15-16-17-18-23-25-20-22-26(23)21-19-24/h15-16H,2-14,17-22,24H2,1H3/b16-15+. The predicted octanol–water partition coefficient (Wildman–Crippen LogP) is 6.09. The Balaban J connectivity index is 1.81. The van der Waals surface area contributed by atoms with Gasteiger partial charge in [-0.3, -0.25) is 4.99 Å². The first kappa shape index (κ1) is 23.2. The van der Waals surface area contributed by atoms with Crippen LogP contribution in [0.5, 0.6) is 0 Å². The second-order valence-electron chi connectivity index (χ2n) is 7.76. The number of unbranched alkanes of at least 4 members (excludes halogenated alkanes) is 12. The summed E-state index contributed by atoms with van der Waals surface area (Å²) in [7, 11) is 0. The van der Waals surface area contributed by atoms with Gasteiger partial charge in [-0.2, -0.15) is 0 Å². The zero-order chi connectivity index (χ0) is 18.7. The molecule has 0 spiro atoms. The summed E-state index contributed by atoms with van der Waals surface area (Å²) in [6.45, 7) is 6.00. The molecule has 0 aromatic heterocycles. The van der Waals surface area contributed by atoms with Crippen LogP contribution in [0.1, 0.15) is 103 Å². The molecule has 0 saturated heterocycles. The van der Waals surface area contributed by atoms with Crippen LogP contribution in [-0.2, 0) is 0 Å². The van der Waals surface area contributed by atoms with Crippen LogP contribution in [-0.4, -0.2) is 36.9 Å². The monoisotopic (exact) mass is 363 g/mol. The molecule has 0 fully saturated rings. The van der Waals surface area contributed by atoms with Crippen molar-refractivity contribution in [3.05, 3.63) is 12.2 Å². The molecule has 0 radical (unpaired) electrons. The Kier molecular flexibility index (Phi) is 15.7. The second kappa shape index (κ2) is 17.6. The van der Waals surface area contributed by atoms with Crippen LogP contribution in [0, 0.1) is 0 Å². The lowest BCUT2D eigenvalue weighted by atomic mass is 10.0.